The summed E-state index contributed by atoms with van der Waals surface area (Å²) in [6, 6.07) is 13.1. The first kappa shape index (κ1) is 18.1. The molecular weight excluding hydrogens is 350 g/mol. The molecule has 3 rings (SSSR count). The molecule has 136 valence electrons. The summed E-state index contributed by atoms with van der Waals surface area (Å²) in [4.78, 5) is 19.9. The summed E-state index contributed by atoms with van der Waals surface area (Å²) in [7, 11) is 0. The number of ether oxygens (including phenoxy) is 2. The van der Waals surface area contributed by atoms with Gasteiger partial charge in [0.2, 0.25) is 5.91 Å². The van der Waals surface area contributed by atoms with Crippen molar-refractivity contribution in [3.63, 3.8) is 0 Å². The first-order valence-electron chi connectivity index (χ1n) is 8.46. The number of fused-ring (bicyclic) bond motifs is 1. The molecule has 1 aromatic heterocycles. The SMILES string of the molecule is CCOc1ccc2nc(SCC(=O)Nc3ccccc3OCC)[nH]c2c1. The third-order valence-corrected chi connectivity index (χ3v) is 4.42. The second-order valence-electron chi connectivity index (χ2n) is 5.42. The van der Waals surface area contributed by atoms with E-state index in [1.54, 1.807) is 0 Å². The maximum atomic E-state index is 12.2. The summed E-state index contributed by atoms with van der Waals surface area (Å²) in [6.07, 6.45) is 0. The lowest BCUT2D eigenvalue weighted by atomic mass is 10.3. The summed E-state index contributed by atoms with van der Waals surface area (Å²) >= 11 is 1.35. The molecule has 1 amide bonds. The number of aromatic nitrogens is 2. The van der Waals surface area contributed by atoms with Crippen molar-refractivity contribution in [2.24, 2.45) is 0 Å². The Balaban J connectivity index is 1.62. The van der Waals surface area contributed by atoms with Crippen molar-refractivity contribution in [2.75, 3.05) is 24.3 Å². The Bertz CT molecular complexity index is 895. The van der Waals surface area contributed by atoms with Gasteiger partial charge >= 0.3 is 0 Å². The van der Waals surface area contributed by atoms with Gasteiger partial charge in [0.05, 0.1) is 35.7 Å². The van der Waals surface area contributed by atoms with E-state index < -0.39 is 0 Å². The monoisotopic (exact) mass is 371 g/mol. The highest BCUT2D eigenvalue weighted by molar-refractivity contribution is 7.99. The molecule has 0 unspecified atom stereocenters. The first-order valence-corrected chi connectivity index (χ1v) is 9.45. The van der Waals surface area contributed by atoms with Crippen molar-refractivity contribution < 1.29 is 14.3 Å². The van der Waals surface area contributed by atoms with Gasteiger partial charge in [0, 0.05) is 6.07 Å². The van der Waals surface area contributed by atoms with Gasteiger partial charge in [-0.25, -0.2) is 4.98 Å². The molecule has 26 heavy (non-hydrogen) atoms. The molecule has 0 atom stereocenters. The Kier molecular flexibility index (Phi) is 6.01. The van der Waals surface area contributed by atoms with Gasteiger partial charge in [-0.05, 0) is 38.1 Å². The first-order chi connectivity index (χ1) is 12.7. The summed E-state index contributed by atoms with van der Waals surface area (Å²) in [5, 5.41) is 3.57. The molecule has 0 aliphatic carbocycles. The van der Waals surface area contributed by atoms with E-state index in [2.05, 4.69) is 15.3 Å². The Labute approximate surface area is 156 Å². The lowest BCUT2D eigenvalue weighted by molar-refractivity contribution is -0.113. The summed E-state index contributed by atoms with van der Waals surface area (Å²) in [5.74, 6) is 1.60. The van der Waals surface area contributed by atoms with E-state index >= 15 is 0 Å². The molecule has 6 nitrogen and oxygen atoms in total. The average molecular weight is 371 g/mol. The standard InChI is InChI=1S/C19H21N3O3S/c1-3-24-13-9-10-14-16(11-13)22-19(21-14)26-12-18(23)20-15-7-5-6-8-17(15)25-4-2/h5-11H,3-4,12H2,1-2H3,(H,20,23)(H,21,22). The van der Waals surface area contributed by atoms with E-state index in [9.17, 15) is 4.79 Å². The van der Waals surface area contributed by atoms with Crippen LogP contribution >= 0.6 is 11.8 Å². The Morgan fingerprint density at radius 3 is 2.77 bits per heavy atom. The van der Waals surface area contributed by atoms with Gasteiger partial charge in [0.15, 0.2) is 5.16 Å². The Morgan fingerprint density at radius 2 is 1.96 bits per heavy atom. The van der Waals surface area contributed by atoms with Crippen molar-refractivity contribution in [3.05, 3.63) is 42.5 Å². The largest absolute Gasteiger partial charge is 0.494 e. The van der Waals surface area contributed by atoms with Crippen LogP contribution in [0.1, 0.15) is 13.8 Å². The number of nitrogens with one attached hydrogen (secondary N) is 2. The summed E-state index contributed by atoms with van der Waals surface area (Å²) < 4.78 is 11.0. The molecule has 3 aromatic rings. The fourth-order valence-corrected chi connectivity index (χ4v) is 3.15. The molecule has 0 spiro atoms. The van der Waals surface area contributed by atoms with Crippen LogP contribution in [0.25, 0.3) is 11.0 Å². The fraction of sp³-hybridized carbons (Fsp3) is 0.263. The van der Waals surface area contributed by atoms with Crippen LogP contribution < -0.4 is 14.8 Å². The maximum Gasteiger partial charge on any atom is 0.234 e. The molecule has 7 heteroatoms. The molecule has 0 saturated heterocycles. The number of amides is 1. The molecule has 0 fully saturated rings. The van der Waals surface area contributed by atoms with Gasteiger partial charge in [0.1, 0.15) is 11.5 Å². The third-order valence-electron chi connectivity index (χ3n) is 3.54. The number of imidazole rings is 1. The summed E-state index contributed by atoms with van der Waals surface area (Å²) in [6.45, 7) is 5.02. The van der Waals surface area contributed by atoms with Crippen molar-refractivity contribution >= 4 is 34.4 Å². The molecule has 0 saturated carbocycles. The van der Waals surface area contributed by atoms with Gasteiger partial charge in [-0.2, -0.15) is 0 Å². The predicted molar refractivity (Wildman–Crippen MR) is 104 cm³/mol. The zero-order valence-electron chi connectivity index (χ0n) is 14.7. The minimum Gasteiger partial charge on any atom is -0.494 e. The average Bonchev–Trinajstić information content (AvgIpc) is 3.04. The smallest absolute Gasteiger partial charge is 0.234 e. The highest BCUT2D eigenvalue weighted by atomic mass is 32.2. The number of hydrogen-bond donors (Lipinski definition) is 2. The minimum absolute atomic E-state index is 0.113. The molecule has 0 aliphatic rings. The van der Waals surface area contributed by atoms with Crippen LogP contribution in [0.4, 0.5) is 5.69 Å². The van der Waals surface area contributed by atoms with E-state index in [1.165, 1.54) is 11.8 Å². The number of carbonyl (C=O) groups is 1. The van der Waals surface area contributed by atoms with Crippen LogP contribution in [0.5, 0.6) is 11.5 Å². The number of hydrogen-bond acceptors (Lipinski definition) is 5. The predicted octanol–water partition coefficient (Wildman–Crippen LogP) is 4.09. The quantitative estimate of drug-likeness (QED) is 0.583. The molecule has 2 aromatic carbocycles. The van der Waals surface area contributed by atoms with E-state index in [0.717, 1.165) is 16.8 Å². The normalized spacial score (nSPS) is 10.7. The van der Waals surface area contributed by atoms with Gasteiger partial charge < -0.3 is 19.8 Å². The van der Waals surface area contributed by atoms with Crippen LogP contribution in [0.3, 0.4) is 0 Å². The maximum absolute atomic E-state index is 12.2. The number of aromatic amines is 1. The Hall–Kier alpha value is -2.67. The molecule has 0 bridgehead atoms. The molecule has 0 radical (unpaired) electrons. The van der Waals surface area contributed by atoms with E-state index in [4.69, 9.17) is 9.47 Å². The van der Waals surface area contributed by atoms with Crippen molar-refractivity contribution in [2.45, 2.75) is 19.0 Å². The number of nitrogens with zero attached hydrogens (tertiary/aromatic N) is 1. The number of anilines is 1. The van der Waals surface area contributed by atoms with Crippen molar-refractivity contribution in [1.82, 2.24) is 9.97 Å². The van der Waals surface area contributed by atoms with Gasteiger partial charge in [-0.3, -0.25) is 4.79 Å². The topological polar surface area (TPSA) is 76.2 Å². The fourth-order valence-electron chi connectivity index (χ4n) is 2.46. The van der Waals surface area contributed by atoms with Crippen LogP contribution in [0, 0.1) is 0 Å². The zero-order chi connectivity index (χ0) is 18.4. The lowest BCUT2D eigenvalue weighted by Crippen LogP contribution is -2.15. The molecular formula is C19H21N3O3S. The molecule has 2 N–H and O–H groups in total. The highest BCUT2D eigenvalue weighted by Gasteiger charge is 2.10. The van der Waals surface area contributed by atoms with Gasteiger partial charge in [0.25, 0.3) is 0 Å². The molecule has 1 heterocycles. The highest BCUT2D eigenvalue weighted by Crippen LogP contribution is 2.25. The third kappa shape index (κ3) is 4.49. The van der Waals surface area contributed by atoms with E-state index in [1.807, 2.05) is 56.3 Å². The zero-order valence-corrected chi connectivity index (χ0v) is 15.6. The van der Waals surface area contributed by atoms with Crippen LogP contribution in [-0.2, 0) is 4.79 Å². The minimum atomic E-state index is -0.113. The van der Waals surface area contributed by atoms with E-state index in [-0.39, 0.29) is 11.7 Å². The second kappa shape index (κ2) is 8.62. The number of carbonyl (C=O) groups excluding carboxylic acids is 1. The van der Waals surface area contributed by atoms with E-state index in [0.29, 0.717) is 29.8 Å². The van der Waals surface area contributed by atoms with Crippen molar-refractivity contribution in [1.29, 1.82) is 0 Å². The van der Waals surface area contributed by atoms with Crippen LogP contribution in [-0.4, -0.2) is 34.8 Å². The second-order valence-corrected chi connectivity index (χ2v) is 6.38. The van der Waals surface area contributed by atoms with Crippen molar-refractivity contribution in [3.8, 4) is 11.5 Å². The van der Waals surface area contributed by atoms with Gasteiger partial charge in [-0.1, -0.05) is 23.9 Å². The number of rotatable bonds is 8. The number of benzene rings is 2. The number of H-pyrrole nitrogens is 1. The number of thioether (sulfide) groups is 1. The number of para-hydroxylation sites is 2. The van der Waals surface area contributed by atoms with Crippen LogP contribution in [0.15, 0.2) is 47.6 Å². The summed E-state index contributed by atoms with van der Waals surface area (Å²) in [5.41, 5.74) is 2.41. The molecule has 0 aliphatic heterocycles. The lowest BCUT2D eigenvalue weighted by Gasteiger charge is -2.10. The van der Waals surface area contributed by atoms with Crippen LogP contribution in [0.2, 0.25) is 0 Å². The van der Waals surface area contributed by atoms with Gasteiger partial charge in [-0.15, -0.1) is 0 Å². The Morgan fingerprint density at radius 1 is 1.15 bits per heavy atom.